The van der Waals surface area contributed by atoms with Gasteiger partial charge in [-0.25, -0.2) is 4.98 Å². The molecule has 8 heteroatoms. The second kappa shape index (κ2) is 8.55. The monoisotopic (exact) mass is 386 g/mol. The van der Waals surface area contributed by atoms with Crippen molar-refractivity contribution in [2.75, 3.05) is 19.5 Å². The Kier molecular flexibility index (Phi) is 5.93. The highest BCUT2D eigenvalue weighted by atomic mass is 35.5. The highest BCUT2D eigenvalue weighted by Gasteiger charge is 2.10. The summed E-state index contributed by atoms with van der Waals surface area (Å²) in [6.45, 7) is 0.654. The molecule has 2 heterocycles. The van der Waals surface area contributed by atoms with Crippen molar-refractivity contribution in [2.24, 2.45) is 0 Å². The van der Waals surface area contributed by atoms with Crippen LogP contribution in [0.15, 0.2) is 48.8 Å². The second-order valence-electron chi connectivity index (χ2n) is 5.73. The predicted octanol–water partition coefficient (Wildman–Crippen LogP) is 3.44. The molecule has 0 fully saturated rings. The minimum atomic E-state index is -0.336. The van der Waals surface area contributed by atoms with Gasteiger partial charge < -0.3 is 14.8 Å². The predicted molar refractivity (Wildman–Crippen MR) is 103 cm³/mol. The Balaban J connectivity index is 1.60. The Morgan fingerprint density at radius 3 is 2.74 bits per heavy atom. The fraction of sp³-hybridized carbons (Fsp3) is 0.211. The number of hydrogen-bond acceptors (Lipinski definition) is 5. The van der Waals surface area contributed by atoms with Crippen LogP contribution in [0.25, 0.3) is 0 Å². The molecule has 0 atom stereocenters. The van der Waals surface area contributed by atoms with Crippen LogP contribution in [0.5, 0.6) is 11.5 Å². The van der Waals surface area contributed by atoms with Crippen LogP contribution in [-0.2, 0) is 13.0 Å². The van der Waals surface area contributed by atoms with Gasteiger partial charge in [-0.3, -0.25) is 9.48 Å². The number of aromatic nitrogens is 3. The van der Waals surface area contributed by atoms with E-state index >= 15 is 0 Å². The zero-order valence-corrected chi connectivity index (χ0v) is 15.7. The van der Waals surface area contributed by atoms with E-state index in [2.05, 4.69) is 15.4 Å². The van der Waals surface area contributed by atoms with E-state index in [4.69, 9.17) is 21.1 Å². The van der Waals surface area contributed by atoms with E-state index in [1.165, 1.54) is 0 Å². The summed E-state index contributed by atoms with van der Waals surface area (Å²) in [5.41, 5.74) is 1.94. The molecule has 2 aromatic heterocycles. The Labute approximate surface area is 161 Å². The van der Waals surface area contributed by atoms with Crippen LogP contribution in [0, 0.1) is 0 Å². The number of benzene rings is 1. The molecule has 0 aliphatic heterocycles. The molecular weight excluding hydrogens is 368 g/mol. The topological polar surface area (TPSA) is 78.3 Å². The lowest BCUT2D eigenvalue weighted by Crippen LogP contribution is -2.13. The van der Waals surface area contributed by atoms with Gasteiger partial charge in [-0.15, -0.1) is 0 Å². The van der Waals surface area contributed by atoms with Gasteiger partial charge in [0.2, 0.25) is 0 Å². The van der Waals surface area contributed by atoms with Crippen molar-refractivity contribution in [2.45, 2.75) is 13.0 Å². The van der Waals surface area contributed by atoms with Gasteiger partial charge >= 0.3 is 0 Å². The zero-order valence-electron chi connectivity index (χ0n) is 15.0. The Morgan fingerprint density at radius 1 is 1.19 bits per heavy atom. The summed E-state index contributed by atoms with van der Waals surface area (Å²) >= 11 is 5.81. The summed E-state index contributed by atoms with van der Waals surface area (Å²) in [6.07, 6.45) is 4.12. The largest absolute Gasteiger partial charge is 0.493 e. The fourth-order valence-electron chi connectivity index (χ4n) is 2.56. The third-order valence-corrected chi connectivity index (χ3v) is 4.13. The third kappa shape index (κ3) is 4.77. The van der Waals surface area contributed by atoms with Gasteiger partial charge in [0.1, 0.15) is 10.8 Å². The van der Waals surface area contributed by atoms with Crippen LogP contribution in [0.4, 0.5) is 5.69 Å². The number of carbonyl (C=O) groups excluding carboxylic acids is 1. The van der Waals surface area contributed by atoms with E-state index in [-0.39, 0.29) is 16.8 Å². The number of pyridine rings is 1. The van der Waals surface area contributed by atoms with Gasteiger partial charge in [-0.05, 0) is 36.2 Å². The first-order chi connectivity index (χ1) is 13.1. The van der Waals surface area contributed by atoms with Crippen LogP contribution in [0.2, 0.25) is 5.15 Å². The van der Waals surface area contributed by atoms with Crippen molar-refractivity contribution in [3.63, 3.8) is 0 Å². The standard InChI is InChI=1S/C19H19ClN4O3/c1-26-16-7-6-13(10-17(16)27-2)8-9-24-12-14(11-21-24)22-19(25)15-4-3-5-18(20)23-15/h3-7,10-12H,8-9H2,1-2H3,(H,22,25). The molecule has 3 aromatic rings. The zero-order chi connectivity index (χ0) is 19.2. The van der Waals surface area contributed by atoms with E-state index in [1.54, 1.807) is 49.5 Å². The van der Waals surface area contributed by atoms with Crippen LogP contribution >= 0.6 is 11.6 Å². The van der Waals surface area contributed by atoms with Gasteiger partial charge in [0.25, 0.3) is 5.91 Å². The minimum Gasteiger partial charge on any atom is -0.493 e. The number of nitrogens with one attached hydrogen (secondary N) is 1. The van der Waals surface area contributed by atoms with Crippen molar-refractivity contribution >= 4 is 23.2 Å². The van der Waals surface area contributed by atoms with Crippen LogP contribution in [-0.4, -0.2) is 34.9 Å². The Morgan fingerprint density at radius 2 is 2.00 bits per heavy atom. The first-order valence-corrected chi connectivity index (χ1v) is 8.64. The number of aryl methyl sites for hydroxylation is 2. The summed E-state index contributed by atoms with van der Waals surface area (Å²) in [6, 6.07) is 10.7. The molecule has 1 amide bonds. The molecule has 0 radical (unpaired) electrons. The lowest BCUT2D eigenvalue weighted by molar-refractivity contribution is 0.102. The minimum absolute atomic E-state index is 0.251. The lowest BCUT2D eigenvalue weighted by atomic mass is 10.1. The highest BCUT2D eigenvalue weighted by Crippen LogP contribution is 2.27. The number of ether oxygens (including phenoxy) is 2. The average Bonchev–Trinajstić information content (AvgIpc) is 3.13. The van der Waals surface area contributed by atoms with Gasteiger partial charge in [-0.1, -0.05) is 23.7 Å². The van der Waals surface area contributed by atoms with E-state index < -0.39 is 0 Å². The third-order valence-electron chi connectivity index (χ3n) is 3.92. The molecule has 0 aliphatic rings. The molecule has 0 saturated carbocycles. The summed E-state index contributed by atoms with van der Waals surface area (Å²) in [4.78, 5) is 16.2. The summed E-state index contributed by atoms with van der Waals surface area (Å²) in [7, 11) is 3.22. The maximum absolute atomic E-state index is 12.2. The van der Waals surface area contributed by atoms with Gasteiger partial charge in [0.05, 0.1) is 26.1 Å². The number of rotatable bonds is 7. The number of anilines is 1. The molecule has 0 saturated heterocycles. The average molecular weight is 387 g/mol. The number of nitrogens with zero attached hydrogens (tertiary/aromatic N) is 3. The molecule has 140 valence electrons. The van der Waals surface area contributed by atoms with Crippen molar-refractivity contribution in [3.8, 4) is 11.5 Å². The van der Waals surface area contributed by atoms with Crippen LogP contribution in [0.1, 0.15) is 16.1 Å². The molecule has 7 nitrogen and oxygen atoms in total. The molecule has 3 rings (SSSR count). The number of amides is 1. The molecule has 27 heavy (non-hydrogen) atoms. The molecule has 0 aliphatic carbocycles. The summed E-state index contributed by atoms with van der Waals surface area (Å²) in [5.74, 6) is 1.05. The van der Waals surface area contributed by atoms with E-state index in [0.717, 1.165) is 12.0 Å². The maximum atomic E-state index is 12.2. The first-order valence-electron chi connectivity index (χ1n) is 8.26. The summed E-state index contributed by atoms with van der Waals surface area (Å²) in [5, 5.41) is 7.30. The number of hydrogen-bond donors (Lipinski definition) is 1. The van der Waals surface area contributed by atoms with Crippen molar-refractivity contribution < 1.29 is 14.3 Å². The highest BCUT2D eigenvalue weighted by molar-refractivity contribution is 6.29. The molecule has 1 aromatic carbocycles. The van der Waals surface area contributed by atoms with Gasteiger partial charge in [-0.2, -0.15) is 5.10 Å². The smallest absolute Gasteiger partial charge is 0.274 e. The van der Waals surface area contributed by atoms with E-state index in [1.807, 2.05) is 18.2 Å². The molecule has 0 unspecified atom stereocenters. The van der Waals surface area contributed by atoms with Crippen molar-refractivity contribution in [3.05, 3.63) is 65.2 Å². The second-order valence-corrected chi connectivity index (χ2v) is 6.12. The number of halogens is 1. The van der Waals surface area contributed by atoms with Crippen LogP contribution < -0.4 is 14.8 Å². The van der Waals surface area contributed by atoms with Crippen molar-refractivity contribution in [1.82, 2.24) is 14.8 Å². The van der Waals surface area contributed by atoms with Crippen molar-refractivity contribution in [1.29, 1.82) is 0 Å². The van der Waals surface area contributed by atoms with Crippen LogP contribution in [0.3, 0.4) is 0 Å². The quantitative estimate of drug-likeness (QED) is 0.629. The number of methoxy groups -OCH3 is 2. The Bertz CT molecular complexity index is 942. The first kappa shape index (κ1) is 18.7. The molecular formula is C19H19ClN4O3. The lowest BCUT2D eigenvalue weighted by Gasteiger charge is -2.09. The molecule has 0 spiro atoms. The maximum Gasteiger partial charge on any atom is 0.274 e. The van der Waals surface area contributed by atoms with E-state index in [9.17, 15) is 4.79 Å². The number of carbonyl (C=O) groups is 1. The van der Waals surface area contributed by atoms with Gasteiger partial charge in [0.15, 0.2) is 11.5 Å². The summed E-state index contributed by atoms with van der Waals surface area (Å²) < 4.78 is 12.3. The van der Waals surface area contributed by atoms with Gasteiger partial charge in [0, 0.05) is 12.7 Å². The Hall–Kier alpha value is -3.06. The molecule has 1 N–H and O–H groups in total. The normalized spacial score (nSPS) is 10.5. The van der Waals surface area contributed by atoms with E-state index in [0.29, 0.717) is 23.7 Å². The molecule has 0 bridgehead atoms. The SMILES string of the molecule is COc1ccc(CCn2cc(NC(=O)c3cccc(Cl)n3)cn2)cc1OC. The fourth-order valence-corrected chi connectivity index (χ4v) is 2.72.